The summed E-state index contributed by atoms with van der Waals surface area (Å²) < 4.78 is 15.0. The molecule has 2 aliphatic rings. The molecule has 0 saturated heterocycles. The molecule has 0 unspecified atom stereocenters. The molecule has 2 aliphatic carbocycles. The summed E-state index contributed by atoms with van der Waals surface area (Å²) in [4.78, 5) is 4.82. The van der Waals surface area contributed by atoms with Crippen LogP contribution in [0.4, 0.5) is 34.1 Å². The Hall–Kier alpha value is -9.58. The minimum absolute atomic E-state index is 0. The van der Waals surface area contributed by atoms with Crippen molar-refractivity contribution >= 4 is 101 Å². The maximum Gasteiger partial charge on any atom is 0.160 e. The molecule has 0 atom stereocenters. The number of halogens is 2. The number of hydrogen-bond acceptors (Lipinski definition) is 4. The summed E-state index contributed by atoms with van der Waals surface area (Å²) in [5.41, 5.74) is 23.4. The predicted molar refractivity (Wildman–Crippen MR) is 372 cm³/mol. The highest BCUT2D eigenvalue weighted by atomic mass is 35.5. The fourth-order valence-electron chi connectivity index (χ4n) is 14.1. The van der Waals surface area contributed by atoms with E-state index in [1.807, 2.05) is 12.1 Å². The van der Waals surface area contributed by atoms with Crippen LogP contribution in [0.5, 0.6) is 0 Å². The lowest BCUT2D eigenvalue weighted by atomic mass is 9.70. The van der Waals surface area contributed by atoms with Crippen molar-refractivity contribution in [1.82, 2.24) is 0 Å². The first kappa shape index (κ1) is 55.0. The van der Waals surface area contributed by atoms with Gasteiger partial charge in [0, 0.05) is 60.1 Å². The number of furan rings is 2. The number of rotatable bonds is 8. The van der Waals surface area contributed by atoms with Gasteiger partial charge in [0.25, 0.3) is 0 Å². The molecule has 2 aromatic heterocycles. The van der Waals surface area contributed by atoms with Crippen LogP contribution in [-0.2, 0) is 16.2 Å². The number of hydrogen-bond donors (Lipinski definition) is 0. The smallest absolute Gasteiger partial charge is 0.160 e. The van der Waals surface area contributed by atoms with Gasteiger partial charge in [0.05, 0.1) is 22.2 Å². The molecule has 0 radical (unpaired) electrons. The van der Waals surface area contributed by atoms with Gasteiger partial charge in [-0.1, -0.05) is 230 Å². The summed E-state index contributed by atoms with van der Waals surface area (Å²) in [6.45, 7) is 13.6. The Balaban J connectivity index is 0.00000650. The molecule has 6 heteroatoms. The van der Waals surface area contributed by atoms with Gasteiger partial charge < -0.3 is 18.6 Å². The Kier molecular flexibility index (Phi) is 12.8. The van der Waals surface area contributed by atoms with Crippen LogP contribution in [0.25, 0.3) is 88.4 Å². The lowest BCUT2D eigenvalue weighted by Gasteiger charge is -2.34. The summed E-state index contributed by atoms with van der Waals surface area (Å²) in [5.74, 6) is 0. The minimum Gasteiger partial charge on any atom is -0.455 e. The van der Waals surface area contributed by atoms with E-state index >= 15 is 0 Å². The standard InChI is InChI=1S/C81H60Cl2N2O2.CH4/c1-79(2,3)53-29-39-59(40-30-53)84(57-35-25-51(26-36-57)49-17-9-7-10-18-49)69-47-68-76(78-73(69)63-21-13-15-23-71(63)87-78)75-67(81(68)65-45-55(82)33-43-61(65)62-44-34-56(83)46-66(62)81)48-70(77-74(75)64-22-14-16-24-72(64)86-77)85(60-41-31-54(32-42-60)80(4,5)6)58-37-27-52(28-38-58)50-19-11-8-12-20-50;/h7-48H,1-6H3;1H4. The van der Waals surface area contributed by atoms with Gasteiger partial charge in [-0.25, -0.2) is 0 Å². The molecule has 0 fully saturated rings. The van der Waals surface area contributed by atoms with Crippen molar-refractivity contribution < 1.29 is 8.83 Å². The lowest BCUT2D eigenvalue weighted by Crippen LogP contribution is -2.27. The summed E-state index contributed by atoms with van der Waals surface area (Å²) in [6, 6.07) is 92.0. The molecule has 0 aliphatic heterocycles. The minimum atomic E-state index is -1.02. The molecule has 88 heavy (non-hydrogen) atoms. The van der Waals surface area contributed by atoms with Gasteiger partial charge in [-0.2, -0.15) is 0 Å². The molecule has 0 saturated carbocycles. The second-order valence-electron chi connectivity index (χ2n) is 25.5. The molecule has 0 bridgehead atoms. The van der Waals surface area contributed by atoms with E-state index in [-0.39, 0.29) is 18.3 Å². The van der Waals surface area contributed by atoms with Crippen molar-refractivity contribution in [2.24, 2.45) is 0 Å². The van der Waals surface area contributed by atoms with Crippen LogP contribution in [0.3, 0.4) is 0 Å². The third-order valence-electron chi connectivity index (χ3n) is 18.3. The fraction of sp³-hybridized carbons (Fsp3) is 0.122. The van der Waals surface area contributed by atoms with E-state index in [4.69, 9.17) is 32.0 Å². The molecule has 2 heterocycles. The highest BCUT2D eigenvalue weighted by Crippen LogP contribution is 2.68. The van der Waals surface area contributed by atoms with Gasteiger partial charge in [0.15, 0.2) is 5.58 Å². The Morgan fingerprint density at radius 1 is 0.341 bits per heavy atom. The molecule has 428 valence electrons. The summed E-state index contributed by atoms with van der Waals surface area (Å²) in [5, 5.41) is 5.28. The molecule has 16 rings (SSSR count). The van der Waals surface area contributed by atoms with E-state index in [0.717, 1.165) is 145 Å². The largest absolute Gasteiger partial charge is 0.455 e. The third-order valence-corrected chi connectivity index (χ3v) is 18.8. The van der Waals surface area contributed by atoms with Crippen LogP contribution < -0.4 is 9.80 Å². The average molecular weight is 1180 g/mol. The quantitative estimate of drug-likeness (QED) is 0.152. The maximum absolute atomic E-state index is 7.60. The van der Waals surface area contributed by atoms with Crippen molar-refractivity contribution in [3.63, 3.8) is 0 Å². The van der Waals surface area contributed by atoms with Gasteiger partial charge in [-0.05, 0) is 175 Å². The van der Waals surface area contributed by atoms with Crippen molar-refractivity contribution in [1.29, 1.82) is 0 Å². The first-order valence-corrected chi connectivity index (χ1v) is 30.7. The van der Waals surface area contributed by atoms with Crippen molar-refractivity contribution in [3.8, 4) is 44.5 Å². The fourth-order valence-corrected chi connectivity index (χ4v) is 14.5. The number of para-hydroxylation sites is 2. The highest BCUT2D eigenvalue weighted by molar-refractivity contribution is 6.32. The van der Waals surface area contributed by atoms with Crippen LogP contribution in [0.15, 0.2) is 264 Å². The van der Waals surface area contributed by atoms with Crippen LogP contribution >= 0.6 is 23.2 Å². The second-order valence-corrected chi connectivity index (χ2v) is 26.3. The van der Waals surface area contributed by atoms with E-state index in [0.29, 0.717) is 10.0 Å². The van der Waals surface area contributed by atoms with Gasteiger partial charge >= 0.3 is 0 Å². The van der Waals surface area contributed by atoms with E-state index in [9.17, 15) is 0 Å². The molecular formula is C82H64Cl2N2O2. The van der Waals surface area contributed by atoms with Crippen molar-refractivity contribution in [2.75, 3.05) is 9.80 Å². The molecule has 0 amide bonds. The topological polar surface area (TPSA) is 32.8 Å². The molecule has 14 aromatic rings. The van der Waals surface area contributed by atoms with E-state index < -0.39 is 5.41 Å². The molecule has 4 nitrogen and oxygen atoms in total. The van der Waals surface area contributed by atoms with Crippen LogP contribution in [-0.4, -0.2) is 0 Å². The Labute approximate surface area is 524 Å². The molecule has 0 N–H and O–H groups in total. The number of nitrogens with zero attached hydrogens (tertiary/aromatic N) is 2. The zero-order valence-corrected chi connectivity index (χ0v) is 50.7. The Bertz CT molecular complexity index is 5000. The number of anilines is 6. The first-order valence-electron chi connectivity index (χ1n) is 29.9. The normalized spacial score (nSPS) is 13.0. The Morgan fingerprint density at radius 2 is 0.716 bits per heavy atom. The average Bonchev–Trinajstić information content (AvgIpc) is 1.49. The molecule has 12 aromatic carbocycles. The van der Waals surface area contributed by atoms with Gasteiger partial charge in [-0.15, -0.1) is 0 Å². The molecular weight excluding hydrogens is 1120 g/mol. The highest BCUT2D eigenvalue weighted by Gasteiger charge is 2.55. The summed E-state index contributed by atoms with van der Waals surface area (Å²) in [7, 11) is 0. The van der Waals surface area contributed by atoms with Crippen molar-refractivity contribution in [2.45, 2.75) is 65.2 Å². The number of fused-ring (bicyclic) bond motifs is 18. The van der Waals surface area contributed by atoms with Gasteiger partial charge in [0.1, 0.15) is 16.7 Å². The van der Waals surface area contributed by atoms with Crippen molar-refractivity contribution in [3.05, 3.63) is 298 Å². The summed E-state index contributed by atoms with van der Waals surface area (Å²) >= 11 is 14.9. The first-order chi connectivity index (χ1) is 42.2. The van der Waals surface area contributed by atoms with Crippen LogP contribution in [0.1, 0.15) is 82.3 Å². The van der Waals surface area contributed by atoms with Gasteiger partial charge in [0.2, 0.25) is 0 Å². The molecule has 1 spiro atoms. The predicted octanol–water partition coefficient (Wildman–Crippen LogP) is 24.6. The lowest BCUT2D eigenvalue weighted by molar-refractivity contribution is 0.590. The SMILES string of the molecule is C.CC(C)(C)c1ccc(N(c2ccc(-c3ccccc3)cc2)c2cc3c(c4c2oc2ccccc24)-c2c(cc(N(c4ccc(-c5ccccc5)cc4)c4ccc(C(C)(C)C)cc4)c4c2oc2ccccc24)C32c3cc(Cl)ccc3-c3ccc(Cl)cc32)cc1. The van der Waals surface area contributed by atoms with Crippen LogP contribution in [0.2, 0.25) is 10.0 Å². The van der Waals surface area contributed by atoms with E-state index in [2.05, 4.69) is 294 Å². The Morgan fingerprint density at radius 3 is 1.18 bits per heavy atom. The monoisotopic (exact) mass is 1180 g/mol. The zero-order valence-electron chi connectivity index (χ0n) is 49.2. The third kappa shape index (κ3) is 8.48. The van der Waals surface area contributed by atoms with Gasteiger partial charge in [-0.3, -0.25) is 0 Å². The second kappa shape index (κ2) is 20.5. The van der Waals surface area contributed by atoms with E-state index in [1.165, 1.54) is 11.1 Å². The van der Waals surface area contributed by atoms with Crippen LogP contribution in [0, 0.1) is 0 Å². The summed E-state index contributed by atoms with van der Waals surface area (Å²) in [6.07, 6.45) is 0. The van der Waals surface area contributed by atoms with E-state index in [1.54, 1.807) is 0 Å². The zero-order chi connectivity index (χ0) is 59.1. The number of benzene rings is 12. The maximum atomic E-state index is 7.60.